The Hall–Kier alpha value is -3.10. The number of ether oxygens (including phenoxy) is 3. The summed E-state index contributed by atoms with van der Waals surface area (Å²) in [6.07, 6.45) is 4.09. The molecular formula is C17H21N5O4. The van der Waals surface area contributed by atoms with E-state index in [2.05, 4.69) is 22.1 Å². The fraction of sp³-hybridized carbons (Fsp3) is 0.412. The maximum atomic E-state index is 13.0. The lowest BCUT2D eigenvalue weighted by atomic mass is 10.2. The fourth-order valence-electron chi connectivity index (χ4n) is 2.86. The molecule has 2 heterocycles. The van der Waals surface area contributed by atoms with Crippen LogP contribution in [0, 0.1) is 0 Å². The van der Waals surface area contributed by atoms with E-state index in [0.29, 0.717) is 34.0 Å². The van der Waals surface area contributed by atoms with Crippen molar-refractivity contribution in [2.75, 3.05) is 21.3 Å². The topological polar surface area (TPSA) is 93.3 Å². The van der Waals surface area contributed by atoms with E-state index in [1.54, 1.807) is 12.4 Å². The van der Waals surface area contributed by atoms with E-state index in [1.165, 1.54) is 32.2 Å². The van der Waals surface area contributed by atoms with Crippen LogP contribution in [0.3, 0.4) is 0 Å². The first-order valence-electron chi connectivity index (χ1n) is 8.19. The molecule has 0 bridgehead atoms. The van der Waals surface area contributed by atoms with Crippen molar-refractivity contribution in [3.63, 3.8) is 0 Å². The minimum Gasteiger partial charge on any atom is -0.493 e. The van der Waals surface area contributed by atoms with Gasteiger partial charge in [-0.25, -0.2) is 4.98 Å². The van der Waals surface area contributed by atoms with Crippen molar-refractivity contribution >= 4 is 10.9 Å². The number of hydrogen-bond acceptors (Lipinski definition) is 7. The number of hydrogen-bond donors (Lipinski definition) is 0. The number of nitrogens with zero attached hydrogens (tertiary/aromatic N) is 5. The van der Waals surface area contributed by atoms with Crippen LogP contribution in [-0.4, -0.2) is 45.6 Å². The van der Waals surface area contributed by atoms with Crippen molar-refractivity contribution in [1.82, 2.24) is 24.3 Å². The Morgan fingerprint density at radius 2 is 1.81 bits per heavy atom. The van der Waals surface area contributed by atoms with Crippen molar-refractivity contribution < 1.29 is 14.2 Å². The molecule has 0 atom stereocenters. The zero-order chi connectivity index (χ0) is 18.7. The van der Waals surface area contributed by atoms with Crippen LogP contribution in [0.1, 0.15) is 19.2 Å². The summed E-state index contributed by atoms with van der Waals surface area (Å²) < 4.78 is 19.5. The first-order valence-corrected chi connectivity index (χ1v) is 8.19. The van der Waals surface area contributed by atoms with Crippen LogP contribution >= 0.6 is 0 Å². The molecular weight excluding hydrogens is 338 g/mol. The molecule has 2 aromatic heterocycles. The van der Waals surface area contributed by atoms with Gasteiger partial charge in [-0.1, -0.05) is 6.92 Å². The summed E-state index contributed by atoms with van der Waals surface area (Å²) in [6.45, 7) is 3.13. The Morgan fingerprint density at radius 1 is 1.04 bits per heavy atom. The number of aryl methyl sites for hydroxylation is 1. The van der Waals surface area contributed by atoms with E-state index in [-0.39, 0.29) is 12.1 Å². The number of rotatable bonds is 7. The van der Waals surface area contributed by atoms with Crippen molar-refractivity contribution in [3.05, 3.63) is 34.9 Å². The summed E-state index contributed by atoms with van der Waals surface area (Å²) in [7, 11) is 4.51. The highest BCUT2D eigenvalue weighted by Crippen LogP contribution is 2.41. The van der Waals surface area contributed by atoms with Gasteiger partial charge >= 0.3 is 0 Å². The third-order valence-corrected chi connectivity index (χ3v) is 4.09. The predicted molar refractivity (Wildman–Crippen MR) is 95.1 cm³/mol. The highest BCUT2D eigenvalue weighted by Gasteiger charge is 2.20. The summed E-state index contributed by atoms with van der Waals surface area (Å²) in [4.78, 5) is 17.4. The summed E-state index contributed by atoms with van der Waals surface area (Å²) >= 11 is 0. The highest BCUT2D eigenvalue weighted by atomic mass is 16.5. The molecule has 1 aromatic carbocycles. The summed E-state index contributed by atoms with van der Waals surface area (Å²) in [5.41, 5.74) is 0.196. The van der Waals surface area contributed by atoms with Gasteiger partial charge in [-0.2, -0.15) is 0 Å². The minimum absolute atomic E-state index is 0.222. The van der Waals surface area contributed by atoms with Crippen molar-refractivity contribution in [1.29, 1.82) is 0 Å². The smallest absolute Gasteiger partial charge is 0.261 e. The molecule has 0 aliphatic rings. The lowest BCUT2D eigenvalue weighted by molar-refractivity contribution is 0.326. The molecule has 3 rings (SSSR count). The molecule has 3 aromatic rings. The standard InChI is InChI=1S/C17H21N5O4/c1-5-6-21-10-19-20-13(21)8-22-9-18-14-11(17(22)23)7-12(24-2)15(25-3)16(14)26-4/h7,9-10H,5-6,8H2,1-4H3. The van der Waals surface area contributed by atoms with Crippen LogP contribution in [0.4, 0.5) is 0 Å². The predicted octanol–water partition coefficient (Wildman–Crippen LogP) is 1.47. The van der Waals surface area contributed by atoms with E-state index in [1.807, 2.05) is 4.57 Å². The van der Waals surface area contributed by atoms with Crippen molar-refractivity contribution in [3.8, 4) is 17.2 Å². The number of fused-ring (bicyclic) bond motifs is 1. The molecule has 138 valence electrons. The Morgan fingerprint density at radius 3 is 2.46 bits per heavy atom. The second kappa shape index (κ2) is 7.42. The molecule has 0 aliphatic carbocycles. The van der Waals surface area contributed by atoms with Gasteiger partial charge in [-0.3, -0.25) is 9.36 Å². The lowest BCUT2D eigenvalue weighted by Gasteiger charge is -2.15. The van der Waals surface area contributed by atoms with Crippen LogP contribution in [0.15, 0.2) is 23.5 Å². The minimum atomic E-state index is -0.222. The van der Waals surface area contributed by atoms with Crippen molar-refractivity contribution in [2.45, 2.75) is 26.4 Å². The molecule has 0 saturated heterocycles. The Bertz CT molecular complexity index is 979. The first-order chi connectivity index (χ1) is 12.6. The van der Waals surface area contributed by atoms with Gasteiger partial charge in [0.15, 0.2) is 17.3 Å². The van der Waals surface area contributed by atoms with Gasteiger partial charge in [-0.05, 0) is 12.5 Å². The molecule has 0 amide bonds. The zero-order valence-corrected chi connectivity index (χ0v) is 15.2. The van der Waals surface area contributed by atoms with Crippen LogP contribution in [0.5, 0.6) is 17.2 Å². The number of methoxy groups -OCH3 is 3. The Kier molecular flexibility index (Phi) is 5.06. The number of aromatic nitrogens is 5. The molecule has 0 spiro atoms. The monoisotopic (exact) mass is 359 g/mol. The highest BCUT2D eigenvalue weighted by molar-refractivity contribution is 5.89. The second-order valence-electron chi connectivity index (χ2n) is 5.66. The largest absolute Gasteiger partial charge is 0.493 e. The van der Waals surface area contributed by atoms with Crippen LogP contribution in [0.2, 0.25) is 0 Å². The molecule has 0 saturated carbocycles. The van der Waals surface area contributed by atoms with Crippen LogP contribution in [0.25, 0.3) is 10.9 Å². The molecule has 0 fully saturated rings. The quantitative estimate of drug-likeness (QED) is 0.630. The maximum Gasteiger partial charge on any atom is 0.261 e. The Balaban J connectivity index is 2.14. The number of benzene rings is 1. The average Bonchev–Trinajstić information content (AvgIpc) is 3.09. The van der Waals surface area contributed by atoms with E-state index in [0.717, 1.165) is 13.0 Å². The SMILES string of the molecule is CCCn1cnnc1Cn1cnc2c(OC)c(OC)c(OC)cc2c1=O. The van der Waals surface area contributed by atoms with Gasteiger partial charge in [0, 0.05) is 6.54 Å². The lowest BCUT2D eigenvalue weighted by Crippen LogP contribution is -2.23. The summed E-state index contributed by atoms with van der Waals surface area (Å²) in [6, 6.07) is 1.61. The molecule has 0 N–H and O–H groups in total. The first kappa shape index (κ1) is 17.7. The molecule has 0 aliphatic heterocycles. The van der Waals surface area contributed by atoms with Crippen LogP contribution < -0.4 is 19.8 Å². The average molecular weight is 359 g/mol. The van der Waals surface area contributed by atoms with Gasteiger partial charge < -0.3 is 18.8 Å². The van der Waals surface area contributed by atoms with E-state index in [9.17, 15) is 4.79 Å². The molecule has 9 nitrogen and oxygen atoms in total. The summed E-state index contributed by atoms with van der Waals surface area (Å²) in [5.74, 6) is 1.86. The van der Waals surface area contributed by atoms with Gasteiger partial charge in [0.2, 0.25) is 5.75 Å². The third-order valence-electron chi connectivity index (χ3n) is 4.09. The van der Waals surface area contributed by atoms with Gasteiger partial charge in [0.05, 0.1) is 39.6 Å². The normalized spacial score (nSPS) is 10.9. The second-order valence-corrected chi connectivity index (χ2v) is 5.66. The van der Waals surface area contributed by atoms with Gasteiger partial charge in [0.25, 0.3) is 5.56 Å². The third kappa shape index (κ3) is 2.96. The Labute approximate surface area is 150 Å². The van der Waals surface area contributed by atoms with Crippen molar-refractivity contribution in [2.24, 2.45) is 0 Å². The molecule has 0 unspecified atom stereocenters. The fourth-order valence-corrected chi connectivity index (χ4v) is 2.86. The van der Waals surface area contributed by atoms with Crippen LogP contribution in [-0.2, 0) is 13.1 Å². The van der Waals surface area contributed by atoms with E-state index in [4.69, 9.17) is 14.2 Å². The van der Waals surface area contributed by atoms with E-state index < -0.39 is 0 Å². The molecule has 0 radical (unpaired) electrons. The van der Waals surface area contributed by atoms with Gasteiger partial charge in [-0.15, -0.1) is 10.2 Å². The van der Waals surface area contributed by atoms with E-state index >= 15 is 0 Å². The maximum absolute atomic E-state index is 13.0. The van der Waals surface area contributed by atoms with Gasteiger partial charge in [0.1, 0.15) is 11.8 Å². The zero-order valence-electron chi connectivity index (χ0n) is 15.2. The summed E-state index contributed by atoms with van der Waals surface area (Å²) in [5, 5.41) is 8.41. The molecule has 9 heteroatoms. The molecule has 26 heavy (non-hydrogen) atoms.